The molecule has 4 rings (SSSR count). The maximum absolute atomic E-state index is 15.5. The molecule has 8 nitrogen and oxygen atoms in total. The van der Waals surface area contributed by atoms with Gasteiger partial charge in [0.15, 0.2) is 12.4 Å². The first-order valence-corrected chi connectivity index (χ1v) is 12.2. The third kappa shape index (κ3) is 7.40. The van der Waals surface area contributed by atoms with Gasteiger partial charge in [-0.05, 0) is 60.2 Å². The number of hydrazone groups is 1. The summed E-state index contributed by atoms with van der Waals surface area (Å²) in [6.07, 6.45) is -0.529. The zero-order chi connectivity index (χ0) is 30.1. The molecule has 1 atom stereocenters. The first-order valence-electron chi connectivity index (χ1n) is 12.2. The molecule has 1 unspecified atom stereocenters. The lowest BCUT2D eigenvalue weighted by atomic mass is 9.99. The molecule has 0 saturated carbocycles. The largest absolute Gasteiger partial charge is 0.489 e. The predicted octanol–water partition coefficient (Wildman–Crippen LogP) is 5.05. The van der Waals surface area contributed by atoms with Crippen LogP contribution in [0.4, 0.5) is 17.6 Å². The maximum atomic E-state index is 15.5. The van der Waals surface area contributed by atoms with Gasteiger partial charge in [-0.2, -0.15) is 24.3 Å². The van der Waals surface area contributed by atoms with Gasteiger partial charge < -0.3 is 10.6 Å². The summed E-state index contributed by atoms with van der Waals surface area (Å²) in [7, 11) is 0. The average molecular weight is 575 g/mol. The highest BCUT2D eigenvalue weighted by molar-refractivity contribution is 5.51. The van der Waals surface area contributed by atoms with Crippen LogP contribution in [-0.4, -0.2) is 16.5 Å². The molecule has 42 heavy (non-hydrogen) atoms. The molecule has 4 aromatic rings. The van der Waals surface area contributed by atoms with Gasteiger partial charge in [0.25, 0.3) is 0 Å². The summed E-state index contributed by atoms with van der Waals surface area (Å²) in [6, 6.07) is 20.5. The van der Waals surface area contributed by atoms with Crippen molar-refractivity contribution in [3.8, 4) is 23.7 Å². The second-order valence-corrected chi connectivity index (χ2v) is 8.70. The number of hydrogen-bond donors (Lipinski definition) is 2. The van der Waals surface area contributed by atoms with E-state index >= 15 is 8.78 Å². The van der Waals surface area contributed by atoms with Crippen molar-refractivity contribution >= 4 is 6.34 Å². The van der Waals surface area contributed by atoms with E-state index in [0.717, 1.165) is 30.0 Å². The Hall–Kier alpha value is -5.43. The summed E-state index contributed by atoms with van der Waals surface area (Å²) >= 11 is 0. The van der Waals surface area contributed by atoms with E-state index in [1.807, 2.05) is 12.1 Å². The zero-order valence-electron chi connectivity index (χ0n) is 21.7. The Labute approximate surface area is 238 Å². The fourth-order valence-electron chi connectivity index (χ4n) is 3.67. The quantitative estimate of drug-likeness (QED) is 0.0716. The van der Waals surface area contributed by atoms with E-state index in [2.05, 4.69) is 28.0 Å². The highest BCUT2D eigenvalue weighted by Gasteiger charge is 2.47. The lowest BCUT2D eigenvalue weighted by Gasteiger charge is -2.29. The van der Waals surface area contributed by atoms with Crippen molar-refractivity contribution in [2.45, 2.75) is 18.6 Å². The van der Waals surface area contributed by atoms with Crippen molar-refractivity contribution in [3.63, 3.8) is 0 Å². The van der Waals surface area contributed by atoms with E-state index in [1.54, 1.807) is 36.4 Å². The van der Waals surface area contributed by atoms with Crippen molar-refractivity contribution in [1.29, 1.82) is 5.26 Å². The van der Waals surface area contributed by atoms with Crippen LogP contribution in [0.5, 0.6) is 5.75 Å². The monoisotopic (exact) mass is 574 g/mol. The van der Waals surface area contributed by atoms with Crippen LogP contribution >= 0.6 is 0 Å². The number of hydroxylamine groups is 1. The van der Waals surface area contributed by atoms with Crippen molar-refractivity contribution in [2.24, 2.45) is 16.8 Å². The molecule has 0 fully saturated rings. The van der Waals surface area contributed by atoms with Gasteiger partial charge in [0.2, 0.25) is 0 Å². The molecule has 0 radical (unpaired) electrons. The Balaban J connectivity index is 1.46. The number of hydrazine groups is 1. The van der Waals surface area contributed by atoms with Gasteiger partial charge in [-0.25, -0.2) is 19.5 Å². The van der Waals surface area contributed by atoms with Crippen molar-refractivity contribution in [2.75, 3.05) is 0 Å². The second-order valence-electron chi connectivity index (χ2n) is 8.70. The SMILES string of the molecule is N#Cc1ccc(COc2ccc(C#Cc3ccc(C(F)(F)C(ON(N)/C=N\N)c4ccc(F)cc4F)nc3)cc2)cc1. The lowest BCUT2D eigenvalue weighted by Crippen LogP contribution is -2.38. The number of nitriles is 1. The number of nitrogens with zero attached hydrogens (tertiary/aromatic N) is 4. The molecule has 4 N–H and O–H groups in total. The summed E-state index contributed by atoms with van der Waals surface area (Å²) in [5, 5.41) is 12.2. The molecular formula is C30H22F4N6O2. The number of nitrogens with two attached hydrogens (primary N) is 2. The molecule has 0 amide bonds. The molecule has 0 saturated heterocycles. The Bertz CT molecular complexity index is 1650. The number of pyridine rings is 1. The van der Waals surface area contributed by atoms with Crippen LogP contribution in [-0.2, 0) is 17.4 Å². The molecule has 12 heteroatoms. The summed E-state index contributed by atoms with van der Waals surface area (Å²) in [5.41, 5.74) is 0.998. The molecule has 212 valence electrons. The summed E-state index contributed by atoms with van der Waals surface area (Å²) in [5.74, 6) is 10.6. The first kappa shape index (κ1) is 29.6. The molecule has 1 aromatic heterocycles. The van der Waals surface area contributed by atoms with Crippen LogP contribution in [0.2, 0.25) is 0 Å². The molecule has 0 spiro atoms. The fraction of sp³-hybridized carbons (Fsp3) is 0.100. The van der Waals surface area contributed by atoms with Crippen molar-refractivity contribution in [1.82, 2.24) is 10.2 Å². The lowest BCUT2D eigenvalue weighted by molar-refractivity contribution is -0.239. The smallest absolute Gasteiger partial charge is 0.322 e. The van der Waals surface area contributed by atoms with Crippen LogP contribution < -0.4 is 16.4 Å². The first-order chi connectivity index (χ1) is 20.2. The van der Waals surface area contributed by atoms with E-state index in [4.69, 9.17) is 26.5 Å². The number of benzene rings is 3. The molecule has 0 aliphatic heterocycles. The number of alkyl halides is 2. The van der Waals surface area contributed by atoms with Crippen LogP contribution in [0.25, 0.3) is 0 Å². The minimum atomic E-state index is -3.93. The van der Waals surface area contributed by atoms with Gasteiger partial charge in [-0.15, -0.1) is 0 Å². The number of halogens is 4. The molecule has 1 heterocycles. The third-order valence-electron chi connectivity index (χ3n) is 5.78. The van der Waals surface area contributed by atoms with E-state index in [-0.39, 0.29) is 5.17 Å². The maximum Gasteiger partial charge on any atom is 0.322 e. The van der Waals surface area contributed by atoms with E-state index in [1.165, 1.54) is 6.07 Å². The van der Waals surface area contributed by atoms with Gasteiger partial charge in [0.1, 0.15) is 29.7 Å². The summed E-state index contributed by atoms with van der Waals surface area (Å²) < 4.78 is 64.7. The normalized spacial score (nSPS) is 11.8. The number of ether oxygens (including phenoxy) is 1. The van der Waals surface area contributed by atoms with Gasteiger partial charge in [0.05, 0.1) is 11.6 Å². The highest BCUT2D eigenvalue weighted by atomic mass is 19.3. The van der Waals surface area contributed by atoms with E-state index < -0.39 is 34.9 Å². The van der Waals surface area contributed by atoms with Gasteiger partial charge in [-0.1, -0.05) is 30.0 Å². The molecular weight excluding hydrogens is 552 g/mol. The second kappa shape index (κ2) is 13.3. The average Bonchev–Trinajstić information content (AvgIpc) is 2.99. The molecule has 0 aliphatic carbocycles. The Morgan fingerprint density at radius 1 is 0.952 bits per heavy atom. The van der Waals surface area contributed by atoms with Gasteiger partial charge in [0, 0.05) is 29.0 Å². The van der Waals surface area contributed by atoms with E-state index in [0.29, 0.717) is 41.5 Å². The van der Waals surface area contributed by atoms with Gasteiger partial charge in [-0.3, -0.25) is 4.98 Å². The summed E-state index contributed by atoms with van der Waals surface area (Å²) in [6.45, 7) is 0.322. The number of hydrogen-bond acceptors (Lipinski definition) is 7. The fourth-order valence-corrected chi connectivity index (χ4v) is 3.67. The molecule has 0 aliphatic rings. The van der Waals surface area contributed by atoms with Crippen molar-refractivity contribution < 1.29 is 27.1 Å². The predicted molar refractivity (Wildman–Crippen MR) is 145 cm³/mol. The number of aromatic nitrogens is 1. The number of rotatable bonds is 9. The molecule has 0 bridgehead atoms. The van der Waals surface area contributed by atoms with Crippen LogP contribution in [0.1, 0.15) is 39.6 Å². The van der Waals surface area contributed by atoms with Crippen molar-refractivity contribution in [3.05, 3.63) is 130 Å². The summed E-state index contributed by atoms with van der Waals surface area (Å²) in [4.78, 5) is 8.80. The Morgan fingerprint density at radius 2 is 1.62 bits per heavy atom. The minimum absolute atomic E-state index is 0.282. The van der Waals surface area contributed by atoms with Gasteiger partial charge >= 0.3 is 5.92 Å². The Kier molecular flexibility index (Phi) is 9.35. The minimum Gasteiger partial charge on any atom is -0.489 e. The van der Waals surface area contributed by atoms with Crippen LogP contribution in [0.15, 0.2) is 90.2 Å². The highest BCUT2D eigenvalue weighted by Crippen LogP contribution is 2.43. The van der Waals surface area contributed by atoms with Crippen LogP contribution in [0, 0.1) is 34.8 Å². The Morgan fingerprint density at radius 3 is 2.24 bits per heavy atom. The third-order valence-corrected chi connectivity index (χ3v) is 5.78. The topological polar surface area (TPSA) is 123 Å². The van der Waals surface area contributed by atoms with E-state index in [9.17, 15) is 8.78 Å². The standard InChI is InChI=1S/C30H22F4N6O2/c31-24-10-13-26(27(32)15-24)29(42-40(37)19-39-36)30(33,34)28-14-9-22(17-38-28)4-1-20-7-11-25(12-8-20)41-18-23-5-2-21(16-35)3-6-23/h2-3,5-15,17,19,29H,18,36-37H2/b39-19-. The van der Waals surface area contributed by atoms with Crippen LogP contribution in [0.3, 0.4) is 0 Å². The molecule has 3 aromatic carbocycles. The zero-order valence-corrected chi connectivity index (χ0v) is 21.7.